The molecule has 4 rings (SSSR count). The average Bonchev–Trinajstić information content (AvgIpc) is 3.20. The maximum absolute atomic E-state index is 12.7. The summed E-state index contributed by atoms with van der Waals surface area (Å²) in [5, 5.41) is 14.2. The SMILES string of the molecule is Cc1ccc(S(=O)(=O)NCC2(O)CCC2)cc1-c1cnc(N)c(-n2cncn2)n1. The Morgan fingerprint density at radius 3 is 2.79 bits per heavy atom. The number of nitrogens with two attached hydrogens (primary N) is 1. The van der Waals surface area contributed by atoms with Crippen LogP contribution in [0.1, 0.15) is 24.8 Å². The smallest absolute Gasteiger partial charge is 0.240 e. The van der Waals surface area contributed by atoms with Gasteiger partial charge in [0.05, 0.1) is 22.4 Å². The molecule has 152 valence electrons. The van der Waals surface area contributed by atoms with Gasteiger partial charge in [-0.05, 0) is 43.9 Å². The molecule has 1 saturated carbocycles. The lowest BCUT2D eigenvalue weighted by molar-refractivity contribution is -0.0270. The number of nitrogen functional groups attached to an aromatic ring is 1. The van der Waals surface area contributed by atoms with Crippen molar-refractivity contribution in [1.29, 1.82) is 0 Å². The van der Waals surface area contributed by atoms with E-state index in [-0.39, 0.29) is 17.3 Å². The third-order valence-corrected chi connectivity index (χ3v) is 6.49. The molecule has 0 bridgehead atoms. The van der Waals surface area contributed by atoms with Gasteiger partial charge in [0.1, 0.15) is 12.7 Å². The third kappa shape index (κ3) is 3.84. The van der Waals surface area contributed by atoms with Crippen molar-refractivity contribution in [1.82, 2.24) is 29.5 Å². The Morgan fingerprint density at radius 2 is 2.14 bits per heavy atom. The van der Waals surface area contributed by atoms with Crippen LogP contribution >= 0.6 is 0 Å². The summed E-state index contributed by atoms with van der Waals surface area (Å²) in [6.45, 7) is 1.85. The van der Waals surface area contributed by atoms with Crippen LogP contribution in [0.4, 0.5) is 5.82 Å². The molecule has 11 heteroatoms. The zero-order valence-electron chi connectivity index (χ0n) is 15.8. The van der Waals surface area contributed by atoms with Gasteiger partial charge in [0.25, 0.3) is 0 Å². The van der Waals surface area contributed by atoms with Crippen LogP contribution in [0.5, 0.6) is 0 Å². The molecule has 0 saturated heterocycles. The molecule has 0 unspecified atom stereocenters. The highest BCUT2D eigenvalue weighted by molar-refractivity contribution is 7.89. The number of benzene rings is 1. The fourth-order valence-electron chi connectivity index (χ4n) is 3.12. The molecule has 0 radical (unpaired) electrons. The number of sulfonamides is 1. The summed E-state index contributed by atoms with van der Waals surface area (Å²) in [4.78, 5) is 12.6. The normalized spacial score (nSPS) is 15.8. The van der Waals surface area contributed by atoms with Gasteiger partial charge in [0.2, 0.25) is 10.0 Å². The van der Waals surface area contributed by atoms with Gasteiger partial charge in [-0.1, -0.05) is 6.07 Å². The van der Waals surface area contributed by atoms with E-state index in [1.54, 1.807) is 6.07 Å². The molecular formula is C18H21N7O3S. The van der Waals surface area contributed by atoms with Gasteiger partial charge in [-0.25, -0.2) is 28.1 Å². The Labute approximate surface area is 167 Å². The topological polar surface area (TPSA) is 149 Å². The lowest BCUT2D eigenvalue weighted by Crippen LogP contribution is -2.47. The van der Waals surface area contributed by atoms with Crippen LogP contribution in [0.15, 0.2) is 41.9 Å². The Kier molecular flexibility index (Phi) is 4.81. The molecule has 0 atom stereocenters. The third-order valence-electron chi connectivity index (χ3n) is 5.09. The van der Waals surface area contributed by atoms with Crippen LogP contribution in [-0.4, -0.2) is 50.4 Å². The fourth-order valence-corrected chi connectivity index (χ4v) is 4.27. The summed E-state index contributed by atoms with van der Waals surface area (Å²) in [7, 11) is -3.79. The van der Waals surface area contributed by atoms with Crippen LogP contribution in [-0.2, 0) is 10.0 Å². The maximum Gasteiger partial charge on any atom is 0.240 e. The summed E-state index contributed by atoms with van der Waals surface area (Å²) in [5.74, 6) is 0.481. The predicted molar refractivity (Wildman–Crippen MR) is 106 cm³/mol. The summed E-state index contributed by atoms with van der Waals surface area (Å²) in [6.07, 6.45) is 6.39. The molecule has 0 amide bonds. The summed E-state index contributed by atoms with van der Waals surface area (Å²) in [6, 6.07) is 4.76. The largest absolute Gasteiger partial charge is 0.389 e. The van der Waals surface area contributed by atoms with Crippen LogP contribution in [0, 0.1) is 6.92 Å². The van der Waals surface area contributed by atoms with Crippen molar-refractivity contribution in [3.05, 3.63) is 42.6 Å². The molecule has 1 aromatic carbocycles. The van der Waals surface area contributed by atoms with E-state index in [0.29, 0.717) is 29.9 Å². The Balaban J connectivity index is 1.68. The molecule has 3 aromatic rings. The number of aryl methyl sites for hydroxylation is 1. The van der Waals surface area contributed by atoms with Crippen molar-refractivity contribution in [2.45, 2.75) is 36.7 Å². The molecule has 10 nitrogen and oxygen atoms in total. The van der Waals surface area contributed by atoms with Gasteiger partial charge in [0, 0.05) is 12.1 Å². The summed E-state index contributed by atoms with van der Waals surface area (Å²) < 4.78 is 29.3. The lowest BCUT2D eigenvalue weighted by atomic mass is 9.81. The van der Waals surface area contributed by atoms with Crippen LogP contribution in [0.3, 0.4) is 0 Å². The van der Waals surface area contributed by atoms with E-state index in [1.165, 1.54) is 35.7 Å². The second-order valence-corrected chi connectivity index (χ2v) is 8.95. The monoisotopic (exact) mass is 415 g/mol. The van der Waals surface area contributed by atoms with Crippen molar-refractivity contribution >= 4 is 15.8 Å². The molecule has 1 aliphatic rings. The first-order chi connectivity index (χ1) is 13.8. The first-order valence-electron chi connectivity index (χ1n) is 9.08. The first-order valence-corrected chi connectivity index (χ1v) is 10.6. The van der Waals surface area contributed by atoms with Crippen molar-refractivity contribution in [2.24, 2.45) is 0 Å². The van der Waals surface area contributed by atoms with E-state index in [2.05, 4.69) is 24.8 Å². The van der Waals surface area contributed by atoms with Crippen molar-refractivity contribution < 1.29 is 13.5 Å². The minimum absolute atomic E-state index is 0.00331. The minimum atomic E-state index is -3.79. The Hall–Kier alpha value is -2.89. The zero-order chi connectivity index (χ0) is 20.6. The lowest BCUT2D eigenvalue weighted by Gasteiger charge is -2.36. The highest BCUT2D eigenvalue weighted by atomic mass is 32.2. The highest BCUT2D eigenvalue weighted by Gasteiger charge is 2.35. The number of aromatic nitrogens is 5. The number of hydrogen-bond donors (Lipinski definition) is 3. The maximum atomic E-state index is 12.7. The second-order valence-electron chi connectivity index (χ2n) is 7.18. The molecule has 2 aromatic heterocycles. The van der Waals surface area contributed by atoms with Crippen LogP contribution in [0.2, 0.25) is 0 Å². The number of hydrogen-bond acceptors (Lipinski definition) is 8. The van der Waals surface area contributed by atoms with Gasteiger partial charge in [-0.2, -0.15) is 9.78 Å². The number of nitrogens with one attached hydrogen (secondary N) is 1. The summed E-state index contributed by atoms with van der Waals surface area (Å²) in [5.41, 5.74) is 6.84. The predicted octanol–water partition coefficient (Wildman–Crippen LogP) is 0.808. The van der Waals surface area contributed by atoms with E-state index in [1.807, 2.05) is 6.92 Å². The van der Waals surface area contributed by atoms with Crippen LogP contribution < -0.4 is 10.5 Å². The number of anilines is 1. The average molecular weight is 415 g/mol. The van der Waals surface area contributed by atoms with E-state index >= 15 is 0 Å². The zero-order valence-corrected chi connectivity index (χ0v) is 16.6. The highest BCUT2D eigenvalue weighted by Crippen LogP contribution is 2.31. The molecular weight excluding hydrogens is 394 g/mol. The standard InChI is InChI=1S/C18H21N7O3S/c1-12-3-4-13(29(27,28)23-9-18(26)5-2-6-18)7-14(12)15-8-21-16(19)17(24-15)25-11-20-10-22-25/h3-4,7-8,10-11,23,26H,2,5-6,9H2,1H3,(H2,19,21). The van der Waals surface area contributed by atoms with E-state index in [9.17, 15) is 13.5 Å². The quantitative estimate of drug-likeness (QED) is 0.535. The van der Waals surface area contributed by atoms with Gasteiger partial charge in [0.15, 0.2) is 11.6 Å². The molecule has 0 aliphatic heterocycles. The number of nitrogens with zero attached hydrogens (tertiary/aromatic N) is 5. The second kappa shape index (κ2) is 7.17. The summed E-state index contributed by atoms with van der Waals surface area (Å²) >= 11 is 0. The van der Waals surface area contributed by atoms with Gasteiger partial charge in [-0.3, -0.25) is 0 Å². The van der Waals surface area contributed by atoms with E-state index in [0.717, 1.165) is 12.0 Å². The van der Waals surface area contributed by atoms with Gasteiger partial charge >= 0.3 is 0 Å². The fraction of sp³-hybridized carbons (Fsp3) is 0.333. The van der Waals surface area contributed by atoms with Gasteiger partial charge < -0.3 is 10.8 Å². The number of rotatable bonds is 6. The first kappa shape index (κ1) is 19.4. The van der Waals surface area contributed by atoms with E-state index in [4.69, 9.17) is 5.73 Å². The molecule has 1 fully saturated rings. The van der Waals surface area contributed by atoms with E-state index < -0.39 is 15.6 Å². The molecule has 2 heterocycles. The molecule has 29 heavy (non-hydrogen) atoms. The Bertz CT molecular complexity index is 1140. The molecule has 0 spiro atoms. The van der Waals surface area contributed by atoms with Crippen molar-refractivity contribution in [3.8, 4) is 17.1 Å². The van der Waals surface area contributed by atoms with Crippen LogP contribution in [0.25, 0.3) is 17.1 Å². The molecule has 1 aliphatic carbocycles. The van der Waals surface area contributed by atoms with Gasteiger partial charge in [-0.15, -0.1) is 0 Å². The Morgan fingerprint density at radius 1 is 1.34 bits per heavy atom. The minimum Gasteiger partial charge on any atom is -0.389 e. The molecule has 4 N–H and O–H groups in total. The van der Waals surface area contributed by atoms with Crippen molar-refractivity contribution in [3.63, 3.8) is 0 Å². The van der Waals surface area contributed by atoms with Crippen molar-refractivity contribution in [2.75, 3.05) is 12.3 Å². The number of aliphatic hydroxyl groups is 1.